The lowest BCUT2D eigenvalue weighted by molar-refractivity contribution is 0.199. The van der Waals surface area contributed by atoms with Crippen LogP contribution in [-0.2, 0) is 13.2 Å². The SMILES string of the molecule is CCn1nc(C)cc1COc1ccc([C@H](C)O)cc1C. The average Bonchev–Trinajstić information content (AvgIpc) is 2.77. The molecule has 2 rings (SSSR count). The fraction of sp³-hybridized carbons (Fsp3) is 0.438. The van der Waals surface area contributed by atoms with E-state index in [1.165, 1.54) is 0 Å². The molecule has 4 nitrogen and oxygen atoms in total. The Morgan fingerprint density at radius 1 is 1.30 bits per heavy atom. The predicted molar refractivity (Wildman–Crippen MR) is 78.8 cm³/mol. The van der Waals surface area contributed by atoms with Crippen LogP contribution in [-0.4, -0.2) is 14.9 Å². The Morgan fingerprint density at radius 2 is 2.05 bits per heavy atom. The number of nitrogens with zero attached hydrogens (tertiary/aromatic N) is 2. The van der Waals surface area contributed by atoms with Crippen LogP contribution >= 0.6 is 0 Å². The Kier molecular flexibility index (Phi) is 4.45. The number of aliphatic hydroxyl groups excluding tert-OH is 1. The molecule has 1 aromatic heterocycles. The van der Waals surface area contributed by atoms with Crippen LogP contribution in [0.15, 0.2) is 24.3 Å². The van der Waals surface area contributed by atoms with Crippen molar-refractivity contribution in [2.45, 2.75) is 47.0 Å². The number of hydrogen-bond donors (Lipinski definition) is 1. The zero-order chi connectivity index (χ0) is 14.7. The highest BCUT2D eigenvalue weighted by Crippen LogP contribution is 2.23. The van der Waals surface area contributed by atoms with Gasteiger partial charge < -0.3 is 9.84 Å². The summed E-state index contributed by atoms with van der Waals surface area (Å²) in [6, 6.07) is 7.82. The summed E-state index contributed by atoms with van der Waals surface area (Å²) < 4.78 is 7.82. The topological polar surface area (TPSA) is 47.3 Å². The summed E-state index contributed by atoms with van der Waals surface area (Å²) in [4.78, 5) is 0. The molecule has 0 saturated heterocycles. The van der Waals surface area contributed by atoms with Gasteiger partial charge in [0.1, 0.15) is 12.4 Å². The normalized spacial score (nSPS) is 12.4. The molecule has 1 heterocycles. The van der Waals surface area contributed by atoms with Crippen molar-refractivity contribution in [2.75, 3.05) is 0 Å². The van der Waals surface area contributed by atoms with E-state index in [4.69, 9.17) is 4.74 Å². The van der Waals surface area contributed by atoms with E-state index in [2.05, 4.69) is 12.0 Å². The minimum atomic E-state index is -0.452. The van der Waals surface area contributed by atoms with Gasteiger partial charge in [0, 0.05) is 6.54 Å². The molecule has 0 saturated carbocycles. The monoisotopic (exact) mass is 274 g/mol. The van der Waals surface area contributed by atoms with Crippen molar-refractivity contribution in [2.24, 2.45) is 0 Å². The molecular weight excluding hydrogens is 252 g/mol. The van der Waals surface area contributed by atoms with Crippen LogP contribution < -0.4 is 4.74 Å². The molecular formula is C16H22N2O2. The van der Waals surface area contributed by atoms with E-state index in [9.17, 15) is 5.11 Å². The lowest BCUT2D eigenvalue weighted by atomic mass is 10.1. The fourth-order valence-corrected chi connectivity index (χ4v) is 2.24. The van der Waals surface area contributed by atoms with E-state index >= 15 is 0 Å². The molecule has 4 heteroatoms. The molecule has 0 bridgehead atoms. The Hall–Kier alpha value is -1.81. The second kappa shape index (κ2) is 6.09. The lowest BCUT2D eigenvalue weighted by Crippen LogP contribution is -2.06. The Labute approximate surface area is 120 Å². The molecule has 20 heavy (non-hydrogen) atoms. The zero-order valence-corrected chi connectivity index (χ0v) is 12.6. The third kappa shape index (κ3) is 3.20. The van der Waals surface area contributed by atoms with Crippen LogP contribution in [0, 0.1) is 13.8 Å². The van der Waals surface area contributed by atoms with E-state index in [-0.39, 0.29) is 0 Å². The molecule has 0 aliphatic carbocycles. The summed E-state index contributed by atoms with van der Waals surface area (Å²) in [6.45, 7) is 9.15. The van der Waals surface area contributed by atoms with E-state index < -0.39 is 6.10 Å². The van der Waals surface area contributed by atoms with Gasteiger partial charge in [0.2, 0.25) is 0 Å². The van der Waals surface area contributed by atoms with Crippen LogP contribution in [0.4, 0.5) is 0 Å². The van der Waals surface area contributed by atoms with Crippen molar-refractivity contribution >= 4 is 0 Å². The van der Waals surface area contributed by atoms with Gasteiger partial charge in [-0.25, -0.2) is 0 Å². The van der Waals surface area contributed by atoms with E-state index in [0.717, 1.165) is 34.8 Å². The summed E-state index contributed by atoms with van der Waals surface area (Å²) in [5.74, 6) is 0.843. The second-order valence-corrected chi connectivity index (χ2v) is 5.08. The summed E-state index contributed by atoms with van der Waals surface area (Å²) in [5, 5.41) is 14.0. The summed E-state index contributed by atoms with van der Waals surface area (Å²) in [5.41, 5.74) is 4.02. The van der Waals surface area contributed by atoms with Crippen molar-refractivity contribution in [3.63, 3.8) is 0 Å². The minimum absolute atomic E-state index is 0.452. The van der Waals surface area contributed by atoms with Crippen LogP contribution in [0.1, 0.15) is 42.5 Å². The highest BCUT2D eigenvalue weighted by molar-refractivity contribution is 5.37. The first-order chi connectivity index (χ1) is 9.51. The number of benzene rings is 1. The van der Waals surface area contributed by atoms with E-state index in [1.54, 1.807) is 6.92 Å². The fourth-order valence-electron chi connectivity index (χ4n) is 2.24. The second-order valence-electron chi connectivity index (χ2n) is 5.08. The molecule has 0 radical (unpaired) electrons. The maximum atomic E-state index is 9.57. The first-order valence-corrected chi connectivity index (χ1v) is 6.96. The smallest absolute Gasteiger partial charge is 0.130 e. The van der Waals surface area contributed by atoms with E-state index in [1.807, 2.05) is 42.8 Å². The molecule has 0 spiro atoms. The maximum absolute atomic E-state index is 9.57. The third-order valence-electron chi connectivity index (χ3n) is 3.34. The molecule has 1 atom stereocenters. The molecule has 0 aliphatic rings. The summed E-state index contributed by atoms with van der Waals surface area (Å²) in [6.07, 6.45) is -0.452. The maximum Gasteiger partial charge on any atom is 0.130 e. The molecule has 0 fully saturated rings. The van der Waals surface area contributed by atoms with Crippen molar-refractivity contribution in [3.05, 3.63) is 46.8 Å². The van der Waals surface area contributed by atoms with Crippen LogP contribution in [0.2, 0.25) is 0 Å². The Bertz CT molecular complexity index is 588. The molecule has 108 valence electrons. The Morgan fingerprint density at radius 3 is 2.65 bits per heavy atom. The van der Waals surface area contributed by atoms with Gasteiger partial charge in [0.05, 0.1) is 17.5 Å². The molecule has 1 aromatic carbocycles. The molecule has 0 unspecified atom stereocenters. The third-order valence-corrected chi connectivity index (χ3v) is 3.34. The number of rotatable bonds is 5. The summed E-state index contributed by atoms with van der Waals surface area (Å²) >= 11 is 0. The predicted octanol–water partition coefficient (Wildman–Crippen LogP) is 3.15. The van der Waals surface area contributed by atoms with Crippen molar-refractivity contribution in [1.82, 2.24) is 9.78 Å². The minimum Gasteiger partial charge on any atom is -0.487 e. The molecule has 1 N–H and O–H groups in total. The molecule has 0 aliphatic heterocycles. The van der Waals surface area contributed by atoms with Crippen LogP contribution in [0.25, 0.3) is 0 Å². The number of hydrogen-bond acceptors (Lipinski definition) is 3. The van der Waals surface area contributed by atoms with Gasteiger partial charge in [-0.15, -0.1) is 0 Å². The number of aryl methyl sites for hydroxylation is 3. The van der Waals surface area contributed by atoms with Gasteiger partial charge in [-0.05, 0) is 57.0 Å². The first kappa shape index (κ1) is 14.6. The Balaban J connectivity index is 2.10. The van der Waals surface area contributed by atoms with Crippen LogP contribution in [0.3, 0.4) is 0 Å². The average molecular weight is 274 g/mol. The van der Waals surface area contributed by atoms with Crippen molar-refractivity contribution < 1.29 is 9.84 Å². The van der Waals surface area contributed by atoms with Gasteiger partial charge in [-0.3, -0.25) is 4.68 Å². The van der Waals surface area contributed by atoms with Gasteiger partial charge >= 0.3 is 0 Å². The van der Waals surface area contributed by atoms with E-state index in [0.29, 0.717) is 6.61 Å². The number of aromatic nitrogens is 2. The van der Waals surface area contributed by atoms with Crippen molar-refractivity contribution in [1.29, 1.82) is 0 Å². The van der Waals surface area contributed by atoms with Gasteiger partial charge in [-0.2, -0.15) is 5.10 Å². The largest absolute Gasteiger partial charge is 0.487 e. The highest BCUT2D eigenvalue weighted by atomic mass is 16.5. The van der Waals surface area contributed by atoms with Gasteiger partial charge in [0.15, 0.2) is 0 Å². The highest BCUT2D eigenvalue weighted by Gasteiger charge is 2.08. The molecule has 2 aromatic rings. The van der Waals surface area contributed by atoms with Crippen molar-refractivity contribution in [3.8, 4) is 5.75 Å². The first-order valence-electron chi connectivity index (χ1n) is 6.96. The molecule has 0 amide bonds. The van der Waals surface area contributed by atoms with Gasteiger partial charge in [-0.1, -0.05) is 6.07 Å². The summed E-state index contributed by atoms with van der Waals surface area (Å²) in [7, 11) is 0. The van der Waals surface area contributed by atoms with Gasteiger partial charge in [0.25, 0.3) is 0 Å². The quantitative estimate of drug-likeness (QED) is 0.911. The lowest BCUT2D eigenvalue weighted by Gasteiger charge is -2.12. The number of ether oxygens (including phenoxy) is 1. The number of aliphatic hydroxyl groups is 1. The standard InChI is InChI=1S/C16H22N2O2/c1-5-18-15(9-12(3)17-18)10-20-16-7-6-14(13(4)19)8-11(16)2/h6-9,13,19H,5,10H2,1-4H3/t13-/m0/s1. The van der Waals surface area contributed by atoms with Crippen LogP contribution in [0.5, 0.6) is 5.75 Å². The zero-order valence-electron chi connectivity index (χ0n) is 12.6.